The Bertz CT molecular complexity index is 1350. The molecule has 0 saturated heterocycles. The standard InChI is InChI=1S/C16H16F3N5O4S2/c1-4-30(27,28)11-5-6-13(23-29(3,25)26)22-14(11)15-21-9-7-12(16(17,18)19)20-8-10(9)24(15)2/h5-8H,4H2,1-3H3,(H,22,23). The number of imidazole rings is 1. The quantitative estimate of drug-likeness (QED) is 0.615. The molecule has 0 atom stereocenters. The number of anilines is 1. The highest BCUT2D eigenvalue weighted by molar-refractivity contribution is 7.92. The number of hydrogen-bond donors (Lipinski definition) is 1. The smallest absolute Gasteiger partial charge is 0.324 e. The van der Waals surface area contributed by atoms with E-state index >= 15 is 0 Å². The van der Waals surface area contributed by atoms with Crippen LogP contribution in [0.1, 0.15) is 12.6 Å². The molecule has 9 nitrogen and oxygen atoms in total. The number of halogens is 3. The Labute approximate surface area is 170 Å². The van der Waals surface area contributed by atoms with Crippen molar-refractivity contribution in [1.82, 2.24) is 19.5 Å². The lowest BCUT2D eigenvalue weighted by Gasteiger charge is -2.11. The second-order valence-corrected chi connectivity index (χ2v) is 10.4. The number of fused-ring (bicyclic) bond motifs is 1. The molecule has 0 fully saturated rings. The first-order chi connectivity index (χ1) is 13.7. The van der Waals surface area contributed by atoms with E-state index in [4.69, 9.17) is 0 Å². The van der Waals surface area contributed by atoms with Gasteiger partial charge in [0.25, 0.3) is 0 Å². The van der Waals surface area contributed by atoms with E-state index < -0.39 is 31.7 Å². The average molecular weight is 463 g/mol. The van der Waals surface area contributed by atoms with Crippen LogP contribution in [0.2, 0.25) is 0 Å². The summed E-state index contributed by atoms with van der Waals surface area (Å²) in [4.78, 5) is 11.3. The fourth-order valence-corrected chi connectivity index (χ4v) is 4.23. The van der Waals surface area contributed by atoms with Crippen molar-refractivity contribution in [3.05, 3.63) is 30.1 Å². The van der Waals surface area contributed by atoms with Crippen molar-refractivity contribution < 1.29 is 30.0 Å². The molecule has 0 aromatic carbocycles. The van der Waals surface area contributed by atoms with Gasteiger partial charge in [-0.25, -0.2) is 31.8 Å². The zero-order valence-corrected chi connectivity index (χ0v) is 17.5. The first-order valence-corrected chi connectivity index (χ1v) is 11.9. The monoisotopic (exact) mass is 463 g/mol. The minimum absolute atomic E-state index is 0.0599. The molecule has 0 radical (unpaired) electrons. The highest BCUT2D eigenvalue weighted by Gasteiger charge is 2.33. The predicted octanol–water partition coefficient (Wildman–Crippen LogP) is 2.21. The number of sulfone groups is 1. The Morgan fingerprint density at radius 2 is 1.80 bits per heavy atom. The van der Waals surface area contributed by atoms with Gasteiger partial charge in [-0.2, -0.15) is 13.2 Å². The van der Waals surface area contributed by atoms with Crippen molar-refractivity contribution in [3.63, 3.8) is 0 Å². The van der Waals surface area contributed by atoms with Gasteiger partial charge in [-0.1, -0.05) is 6.92 Å². The summed E-state index contributed by atoms with van der Waals surface area (Å²) in [5.74, 6) is -0.497. The normalized spacial score (nSPS) is 13.0. The molecule has 162 valence electrons. The van der Waals surface area contributed by atoms with E-state index in [0.717, 1.165) is 18.5 Å². The summed E-state index contributed by atoms with van der Waals surface area (Å²) < 4.78 is 90.5. The van der Waals surface area contributed by atoms with E-state index in [1.165, 1.54) is 30.7 Å². The zero-order chi connectivity index (χ0) is 22.5. The summed E-state index contributed by atoms with van der Waals surface area (Å²) in [5, 5.41) is 0. The average Bonchev–Trinajstić information content (AvgIpc) is 2.95. The van der Waals surface area contributed by atoms with Gasteiger partial charge >= 0.3 is 6.18 Å². The van der Waals surface area contributed by atoms with Gasteiger partial charge in [0.15, 0.2) is 15.7 Å². The third-order valence-corrected chi connectivity index (χ3v) is 6.47. The van der Waals surface area contributed by atoms with E-state index in [0.29, 0.717) is 0 Å². The highest BCUT2D eigenvalue weighted by atomic mass is 32.2. The largest absolute Gasteiger partial charge is 0.433 e. The van der Waals surface area contributed by atoms with Crippen molar-refractivity contribution in [2.75, 3.05) is 16.7 Å². The minimum atomic E-state index is -4.68. The maximum Gasteiger partial charge on any atom is 0.433 e. The van der Waals surface area contributed by atoms with Crippen molar-refractivity contribution in [1.29, 1.82) is 0 Å². The van der Waals surface area contributed by atoms with E-state index in [2.05, 4.69) is 19.7 Å². The molecule has 0 aliphatic rings. The van der Waals surface area contributed by atoms with Crippen LogP contribution in [0.4, 0.5) is 19.0 Å². The number of nitrogens with zero attached hydrogens (tertiary/aromatic N) is 4. The van der Waals surface area contributed by atoms with Crippen molar-refractivity contribution in [3.8, 4) is 11.5 Å². The topological polar surface area (TPSA) is 124 Å². The summed E-state index contributed by atoms with van der Waals surface area (Å²) in [6.07, 6.45) is -2.81. The van der Waals surface area contributed by atoms with E-state index in [-0.39, 0.29) is 39.0 Å². The van der Waals surface area contributed by atoms with Gasteiger partial charge in [0.1, 0.15) is 17.2 Å². The van der Waals surface area contributed by atoms with Crippen LogP contribution in [-0.2, 0) is 33.1 Å². The molecule has 0 spiro atoms. The SMILES string of the molecule is CCS(=O)(=O)c1ccc(NS(C)(=O)=O)nc1-c1nc2cc(C(F)(F)F)ncc2n1C. The van der Waals surface area contributed by atoms with Gasteiger partial charge in [0, 0.05) is 7.05 Å². The number of alkyl halides is 3. The Hall–Kier alpha value is -2.74. The van der Waals surface area contributed by atoms with Crippen molar-refractivity contribution >= 4 is 36.7 Å². The highest BCUT2D eigenvalue weighted by Crippen LogP contribution is 2.33. The molecular formula is C16H16F3N5O4S2. The van der Waals surface area contributed by atoms with Gasteiger partial charge in [0.2, 0.25) is 10.0 Å². The van der Waals surface area contributed by atoms with Crippen LogP contribution in [0.25, 0.3) is 22.6 Å². The summed E-state index contributed by atoms with van der Waals surface area (Å²) in [6, 6.07) is 3.10. The predicted molar refractivity (Wildman–Crippen MR) is 103 cm³/mol. The van der Waals surface area contributed by atoms with Crippen LogP contribution in [0, 0.1) is 0 Å². The van der Waals surface area contributed by atoms with Crippen LogP contribution in [0.5, 0.6) is 0 Å². The lowest BCUT2D eigenvalue weighted by Crippen LogP contribution is -2.14. The van der Waals surface area contributed by atoms with Crippen LogP contribution in [0.3, 0.4) is 0 Å². The van der Waals surface area contributed by atoms with Crippen LogP contribution < -0.4 is 4.72 Å². The maximum absolute atomic E-state index is 13.0. The first-order valence-electron chi connectivity index (χ1n) is 8.34. The molecule has 3 heterocycles. The first kappa shape index (κ1) is 22.0. The Morgan fingerprint density at radius 3 is 2.37 bits per heavy atom. The molecule has 0 aliphatic carbocycles. The van der Waals surface area contributed by atoms with E-state index in [1.54, 1.807) is 0 Å². The summed E-state index contributed by atoms with van der Waals surface area (Å²) in [5.41, 5.74) is -1.21. The molecule has 0 amide bonds. The number of aromatic nitrogens is 4. The molecule has 1 N–H and O–H groups in total. The lowest BCUT2D eigenvalue weighted by atomic mass is 10.3. The molecule has 3 rings (SSSR count). The second-order valence-electron chi connectivity index (χ2n) is 6.37. The number of aryl methyl sites for hydroxylation is 1. The molecule has 3 aromatic heterocycles. The number of sulfonamides is 1. The van der Waals surface area contributed by atoms with E-state index in [1.807, 2.05) is 0 Å². The Kier molecular flexibility index (Phi) is 5.27. The van der Waals surface area contributed by atoms with E-state index in [9.17, 15) is 30.0 Å². The van der Waals surface area contributed by atoms with Crippen LogP contribution in [0.15, 0.2) is 29.3 Å². The number of rotatable bonds is 5. The van der Waals surface area contributed by atoms with Gasteiger partial charge in [0.05, 0.1) is 34.1 Å². The Morgan fingerprint density at radius 1 is 1.13 bits per heavy atom. The maximum atomic E-state index is 13.0. The minimum Gasteiger partial charge on any atom is -0.324 e. The summed E-state index contributed by atoms with van der Waals surface area (Å²) in [6.45, 7) is 1.41. The number of hydrogen-bond acceptors (Lipinski definition) is 7. The molecule has 0 aliphatic heterocycles. The third-order valence-electron chi connectivity index (χ3n) is 4.13. The van der Waals surface area contributed by atoms with Crippen LogP contribution in [-0.4, -0.2) is 48.4 Å². The van der Waals surface area contributed by atoms with Gasteiger partial charge < -0.3 is 4.57 Å². The van der Waals surface area contributed by atoms with Gasteiger partial charge in [-0.15, -0.1) is 0 Å². The third kappa shape index (κ3) is 4.23. The van der Waals surface area contributed by atoms with Gasteiger partial charge in [-0.3, -0.25) is 4.72 Å². The molecule has 0 saturated carbocycles. The lowest BCUT2D eigenvalue weighted by molar-refractivity contribution is -0.141. The number of nitrogens with one attached hydrogen (secondary N) is 1. The molecule has 14 heteroatoms. The van der Waals surface area contributed by atoms with Crippen molar-refractivity contribution in [2.24, 2.45) is 7.05 Å². The summed E-state index contributed by atoms with van der Waals surface area (Å²) >= 11 is 0. The van der Waals surface area contributed by atoms with Crippen molar-refractivity contribution in [2.45, 2.75) is 18.0 Å². The number of pyridine rings is 2. The molecule has 0 unspecified atom stereocenters. The second kappa shape index (κ2) is 7.19. The fourth-order valence-electron chi connectivity index (χ4n) is 2.72. The molecule has 3 aromatic rings. The zero-order valence-electron chi connectivity index (χ0n) is 15.9. The summed E-state index contributed by atoms with van der Waals surface area (Å²) in [7, 11) is -6.06. The van der Waals surface area contributed by atoms with Gasteiger partial charge in [-0.05, 0) is 18.2 Å². The molecule has 30 heavy (non-hydrogen) atoms. The molecule has 0 bridgehead atoms. The Balaban J connectivity index is 2.30. The fraction of sp³-hybridized carbons (Fsp3) is 0.312. The molecular weight excluding hydrogens is 447 g/mol. The van der Waals surface area contributed by atoms with Crippen LogP contribution >= 0.6 is 0 Å².